The lowest BCUT2D eigenvalue weighted by atomic mass is 9.63. The lowest BCUT2D eigenvalue weighted by Crippen LogP contribution is -2.45. The van der Waals surface area contributed by atoms with E-state index >= 15 is 0 Å². The maximum absolute atomic E-state index is 12.9. The molecule has 30 heavy (non-hydrogen) atoms. The van der Waals surface area contributed by atoms with Crippen LogP contribution in [-0.4, -0.2) is 38.6 Å². The molecule has 1 aliphatic carbocycles. The van der Waals surface area contributed by atoms with Gasteiger partial charge in [-0.15, -0.1) is 5.10 Å². The molecular formula is C25H34N4O. The summed E-state index contributed by atoms with van der Waals surface area (Å²) in [7, 11) is 0. The Hall–Kier alpha value is -2.43. The van der Waals surface area contributed by atoms with Gasteiger partial charge in [0, 0.05) is 42.9 Å². The van der Waals surface area contributed by atoms with E-state index in [4.69, 9.17) is 0 Å². The first-order valence-electron chi connectivity index (χ1n) is 11.1. The molecular weight excluding hydrogens is 372 g/mol. The number of piperidine rings is 1. The topological polar surface area (TPSA) is 50.5 Å². The minimum Gasteiger partial charge on any atom is -0.374 e. The summed E-state index contributed by atoms with van der Waals surface area (Å²) in [6.07, 6.45) is 6.60. The molecule has 2 atom stereocenters. The number of pyridine rings is 1. The van der Waals surface area contributed by atoms with Gasteiger partial charge in [0.05, 0.1) is 11.7 Å². The van der Waals surface area contributed by atoms with E-state index in [9.17, 15) is 4.79 Å². The van der Waals surface area contributed by atoms with Gasteiger partial charge in [-0.1, -0.05) is 38.1 Å². The Labute approximate surface area is 179 Å². The van der Waals surface area contributed by atoms with Crippen LogP contribution in [0.2, 0.25) is 0 Å². The van der Waals surface area contributed by atoms with Gasteiger partial charge < -0.3 is 4.90 Å². The number of hydrogen-bond acceptors (Lipinski definition) is 4. The van der Waals surface area contributed by atoms with Crippen LogP contribution in [0.4, 0.5) is 0 Å². The van der Waals surface area contributed by atoms with Gasteiger partial charge in [0.1, 0.15) is 0 Å². The molecule has 0 spiro atoms. The van der Waals surface area contributed by atoms with Gasteiger partial charge in [-0.2, -0.15) is 0 Å². The van der Waals surface area contributed by atoms with Crippen LogP contribution >= 0.6 is 0 Å². The summed E-state index contributed by atoms with van der Waals surface area (Å²) in [6.45, 7) is 17.3. The second kappa shape index (κ2) is 7.68. The molecule has 2 aromatic rings. The van der Waals surface area contributed by atoms with Crippen LogP contribution in [-0.2, 0) is 4.79 Å². The number of allylic oxidation sites excluding steroid dienone is 3. The van der Waals surface area contributed by atoms with E-state index in [1.807, 2.05) is 23.8 Å². The molecule has 5 heteroatoms. The predicted molar refractivity (Wildman–Crippen MR) is 120 cm³/mol. The number of nitrogens with zero attached hydrogens (tertiary/aromatic N) is 4. The van der Waals surface area contributed by atoms with Crippen LogP contribution in [0.25, 0.3) is 5.52 Å². The van der Waals surface area contributed by atoms with Crippen molar-refractivity contribution in [3.8, 4) is 0 Å². The summed E-state index contributed by atoms with van der Waals surface area (Å²) < 4.78 is 1.81. The quantitative estimate of drug-likeness (QED) is 0.672. The first-order chi connectivity index (χ1) is 14.2. The summed E-state index contributed by atoms with van der Waals surface area (Å²) in [5.74, 6) is 1.38. The molecule has 1 fully saturated rings. The van der Waals surface area contributed by atoms with Crippen molar-refractivity contribution in [3.63, 3.8) is 0 Å². The fraction of sp³-hybridized carbons (Fsp3) is 0.560. The number of rotatable bonds is 3. The zero-order chi connectivity index (χ0) is 21.6. The third kappa shape index (κ3) is 3.70. The SMILES string of the molecule is C=C(C)C1CC(=O)C(C)=C(N2CCC(c3ccn4nncc4c3)CC2)C1C(C)(C)C. The second-order valence-corrected chi connectivity index (χ2v) is 10.3. The standard InChI is InChI=1S/C25H34N4O/c1-16(2)21-14-22(30)17(3)24(23(21)25(4,5)6)28-10-7-18(8-11-28)19-9-12-29-20(13-19)15-26-27-29/h9,12-13,15,18,21,23H,1,7-8,10-11,14H2,2-6H3. The van der Waals surface area contributed by atoms with E-state index in [1.54, 1.807) is 0 Å². The highest BCUT2D eigenvalue weighted by molar-refractivity contribution is 5.97. The number of carbonyl (C=O) groups is 1. The van der Waals surface area contributed by atoms with Gasteiger partial charge >= 0.3 is 0 Å². The summed E-state index contributed by atoms with van der Waals surface area (Å²) in [5.41, 5.74) is 5.87. The van der Waals surface area contributed by atoms with E-state index in [1.165, 1.54) is 11.3 Å². The Morgan fingerprint density at radius 1 is 1.23 bits per heavy atom. The van der Waals surface area contributed by atoms with E-state index in [0.717, 1.165) is 42.6 Å². The lowest BCUT2D eigenvalue weighted by molar-refractivity contribution is -0.118. The zero-order valence-electron chi connectivity index (χ0n) is 19.0. The van der Waals surface area contributed by atoms with Gasteiger partial charge in [0.2, 0.25) is 0 Å². The van der Waals surface area contributed by atoms with Gasteiger partial charge in [-0.25, -0.2) is 4.52 Å². The first kappa shape index (κ1) is 20.8. The Balaban J connectivity index is 1.59. The molecule has 0 bridgehead atoms. The van der Waals surface area contributed by atoms with Crippen LogP contribution in [0, 0.1) is 17.3 Å². The summed E-state index contributed by atoms with van der Waals surface area (Å²) in [6, 6.07) is 4.38. The van der Waals surface area contributed by atoms with Crippen LogP contribution in [0.5, 0.6) is 0 Å². The maximum atomic E-state index is 12.9. The number of aromatic nitrogens is 3. The molecule has 2 aliphatic rings. The number of likely N-dealkylation sites (tertiary alicyclic amines) is 1. The van der Waals surface area contributed by atoms with E-state index in [0.29, 0.717) is 24.0 Å². The molecule has 0 N–H and O–H groups in total. The minimum atomic E-state index is 0.0812. The monoisotopic (exact) mass is 406 g/mol. The Kier molecular flexibility index (Phi) is 5.33. The third-order valence-electron chi connectivity index (χ3n) is 7.10. The Bertz CT molecular complexity index is 1000. The number of Topliss-reactive ketones (excluding diaryl/α,β-unsaturated/α-hetero) is 1. The first-order valence-corrected chi connectivity index (χ1v) is 11.1. The zero-order valence-corrected chi connectivity index (χ0v) is 19.0. The maximum Gasteiger partial charge on any atom is 0.160 e. The average Bonchev–Trinajstić information content (AvgIpc) is 3.16. The third-order valence-corrected chi connectivity index (χ3v) is 7.10. The smallest absolute Gasteiger partial charge is 0.160 e. The predicted octanol–water partition coefficient (Wildman–Crippen LogP) is 5.01. The highest BCUT2D eigenvalue weighted by Crippen LogP contribution is 2.48. The molecule has 1 saturated heterocycles. The van der Waals surface area contributed by atoms with E-state index < -0.39 is 0 Å². The second-order valence-electron chi connectivity index (χ2n) is 10.3. The van der Waals surface area contributed by atoms with Crippen molar-refractivity contribution in [2.24, 2.45) is 17.3 Å². The van der Waals surface area contributed by atoms with Crippen LogP contribution < -0.4 is 0 Å². The summed E-state index contributed by atoms with van der Waals surface area (Å²) in [4.78, 5) is 15.4. The van der Waals surface area contributed by atoms with Crippen LogP contribution in [0.15, 0.2) is 47.9 Å². The molecule has 0 radical (unpaired) electrons. The van der Waals surface area contributed by atoms with Crippen molar-refractivity contribution in [1.82, 2.24) is 19.7 Å². The molecule has 2 aromatic heterocycles. The molecule has 3 heterocycles. The van der Waals surface area contributed by atoms with Crippen molar-refractivity contribution < 1.29 is 4.79 Å². The van der Waals surface area contributed by atoms with Crippen molar-refractivity contribution in [1.29, 1.82) is 0 Å². The lowest BCUT2D eigenvalue weighted by Gasteiger charge is -2.48. The minimum absolute atomic E-state index is 0.0812. The number of carbonyl (C=O) groups excluding carboxylic acids is 1. The molecule has 0 aromatic carbocycles. The van der Waals surface area contributed by atoms with Crippen LogP contribution in [0.3, 0.4) is 0 Å². The fourth-order valence-electron chi connectivity index (χ4n) is 5.50. The van der Waals surface area contributed by atoms with Crippen molar-refractivity contribution in [2.75, 3.05) is 13.1 Å². The molecule has 1 aliphatic heterocycles. The largest absolute Gasteiger partial charge is 0.374 e. The highest BCUT2D eigenvalue weighted by atomic mass is 16.1. The molecule has 2 unspecified atom stereocenters. The fourth-order valence-corrected chi connectivity index (χ4v) is 5.50. The van der Waals surface area contributed by atoms with E-state index in [-0.39, 0.29) is 11.3 Å². The number of fused-ring (bicyclic) bond motifs is 1. The number of hydrogen-bond donors (Lipinski definition) is 0. The van der Waals surface area contributed by atoms with Crippen molar-refractivity contribution >= 4 is 11.3 Å². The van der Waals surface area contributed by atoms with E-state index in [2.05, 4.69) is 61.6 Å². The molecule has 5 nitrogen and oxygen atoms in total. The highest BCUT2D eigenvalue weighted by Gasteiger charge is 2.43. The summed E-state index contributed by atoms with van der Waals surface area (Å²) in [5, 5.41) is 8.05. The average molecular weight is 407 g/mol. The van der Waals surface area contributed by atoms with Gasteiger partial charge in [-0.3, -0.25) is 4.79 Å². The molecule has 0 amide bonds. The molecule has 4 rings (SSSR count). The molecule has 0 saturated carbocycles. The summed E-state index contributed by atoms with van der Waals surface area (Å²) >= 11 is 0. The van der Waals surface area contributed by atoms with Gasteiger partial charge in [-0.05, 0) is 61.6 Å². The molecule has 160 valence electrons. The van der Waals surface area contributed by atoms with Gasteiger partial charge in [0.25, 0.3) is 0 Å². The van der Waals surface area contributed by atoms with Crippen molar-refractivity contribution in [3.05, 3.63) is 53.5 Å². The normalized spacial score (nSPS) is 24.0. The van der Waals surface area contributed by atoms with Gasteiger partial charge in [0.15, 0.2) is 5.78 Å². The Morgan fingerprint density at radius 3 is 2.57 bits per heavy atom. The Morgan fingerprint density at radius 2 is 1.93 bits per heavy atom. The van der Waals surface area contributed by atoms with Crippen LogP contribution in [0.1, 0.15) is 65.4 Å². The van der Waals surface area contributed by atoms with Crippen molar-refractivity contribution in [2.45, 2.75) is 59.8 Å². The number of ketones is 1.